The molecule has 0 radical (unpaired) electrons. The lowest BCUT2D eigenvalue weighted by Crippen LogP contribution is -2.68. The van der Waals surface area contributed by atoms with Crippen LogP contribution in [0.3, 0.4) is 0 Å². The van der Waals surface area contributed by atoms with Gasteiger partial charge in [-0.25, -0.2) is 4.79 Å². The van der Waals surface area contributed by atoms with Gasteiger partial charge in [-0.1, -0.05) is 265 Å². The molecule has 1 amide bonds. The zero-order chi connectivity index (χ0) is 48.4. The lowest BCUT2D eigenvalue weighted by Gasteiger charge is -2.42. The Kier molecular flexibility index (Phi) is 36.8. The average Bonchev–Trinajstić information content (AvgIpc) is 3.32. The maximum atomic E-state index is 13.0. The molecule has 0 bridgehead atoms. The standard InChI is InChI=1S/C59H104N2O6/c1-4-7-9-11-13-15-17-19-21-23-25-27-29-31-33-35-37-39-41-43-47-66-55-49-54(52-61(58(64)65)46-45-60-53-59(61,6-3)57(62)63)50-56(51-55)67-48-44-42-40-38-36-34-32-30-28-26-24-22-20-18-16-14-12-10-8-5-2/h45-46,49-51,53H,4-44,47-48,52H2,1-3H3,(H-,62,63,64,65)/p+1. The second-order valence-electron chi connectivity index (χ2n) is 20.4. The van der Waals surface area contributed by atoms with E-state index in [2.05, 4.69) is 18.8 Å². The van der Waals surface area contributed by atoms with Crippen molar-refractivity contribution < 1.29 is 33.8 Å². The van der Waals surface area contributed by atoms with E-state index in [1.54, 1.807) is 6.92 Å². The van der Waals surface area contributed by atoms with E-state index in [1.165, 1.54) is 250 Å². The van der Waals surface area contributed by atoms with E-state index in [9.17, 15) is 19.8 Å². The minimum absolute atomic E-state index is 0.0703. The Morgan fingerprint density at radius 3 is 1.03 bits per heavy atom. The quantitative estimate of drug-likeness (QED) is 0.0498. The number of aliphatic imine (C=N–C) groups is 1. The van der Waals surface area contributed by atoms with Crippen molar-refractivity contribution in [1.82, 2.24) is 0 Å². The molecule has 2 rings (SSSR count). The lowest BCUT2D eigenvalue weighted by molar-refractivity contribution is -0.853. The van der Waals surface area contributed by atoms with E-state index in [0.29, 0.717) is 30.3 Å². The van der Waals surface area contributed by atoms with Gasteiger partial charge in [0.15, 0.2) is 0 Å². The van der Waals surface area contributed by atoms with E-state index in [1.807, 2.05) is 18.2 Å². The predicted molar refractivity (Wildman–Crippen MR) is 284 cm³/mol. The number of nitrogens with zero attached hydrogens (tertiary/aromatic N) is 2. The van der Waals surface area contributed by atoms with Gasteiger partial charge in [-0.2, -0.15) is 9.28 Å². The Bertz CT molecular complexity index is 1350. The average molecular weight is 938 g/mol. The summed E-state index contributed by atoms with van der Waals surface area (Å²) in [6, 6.07) is 5.61. The summed E-state index contributed by atoms with van der Waals surface area (Å²) in [7, 11) is 0. The molecule has 2 unspecified atom stereocenters. The van der Waals surface area contributed by atoms with Gasteiger partial charge in [0.05, 0.1) is 25.6 Å². The number of rotatable bonds is 48. The maximum absolute atomic E-state index is 13.0. The summed E-state index contributed by atoms with van der Waals surface area (Å²) < 4.78 is 11.8. The number of benzene rings is 1. The van der Waals surface area contributed by atoms with Crippen LogP contribution in [0.15, 0.2) is 35.6 Å². The molecule has 1 heterocycles. The van der Waals surface area contributed by atoms with Crippen LogP contribution in [0, 0.1) is 0 Å². The van der Waals surface area contributed by atoms with Crippen LogP contribution in [0.4, 0.5) is 4.79 Å². The Hall–Kier alpha value is -2.87. The molecule has 8 heteroatoms. The zero-order valence-electron chi connectivity index (χ0n) is 44.0. The molecule has 0 spiro atoms. The third-order valence-electron chi connectivity index (χ3n) is 14.6. The predicted octanol–water partition coefficient (Wildman–Crippen LogP) is 18.9. The van der Waals surface area contributed by atoms with Crippen LogP contribution in [0.2, 0.25) is 0 Å². The second kappa shape index (κ2) is 41.0. The van der Waals surface area contributed by atoms with Crippen LogP contribution in [0.25, 0.3) is 0 Å². The van der Waals surface area contributed by atoms with Crippen LogP contribution >= 0.6 is 0 Å². The highest BCUT2D eigenvalue weighted by molar-refractivity contribution is 5.99. The first-order valence-electron chi connectivity index (χ1n) is 28.8. The molecule has 8 nitrogen and oxygen atoms in total. The van der Waals surface area contributed by atoms with E-state index in [0.717, 1.165) is 25.7 Å². The lowest BCUT2D eigenvalue weighted by atomic mass is 9.90. The van der Waals surface area contributed by atoms with Crippen molar-refractivity contribution in [3.8, 4) is 11.5 Å². The molecule has 1 aromatic rings. The number of amides is 1. The Morgan fingerprint density at radius 2 is 0.761 bits per heavy atom. The number of quaternary nitrogens is 1. The van der Waals surface area contributed by atoms with Crippen LogP contribution < -0.4 is 9.47 Å². The summed E-state index contributed by atoms with van der Waals surface area (Å²) in [5.74, 6) is 0.0439. The highest BCUT2D eigenvalue weighted by atomic mass is 16.5. The van der Waals surface area contributed by atoms with Gasteiger partial charge in [-0.15, -0.1) is 0 Å². The highest BCUT2D eigenvalue weighted by Gasteiger charge is 2.60. The molecule has 386 valence electrons. The Labute approximate surface area is 412 Å². The van der Waals surface area contributed by atoms with Crippen molar-refractivity contribution in [3.05, 3.63) is 36.2 Å². The molecule has 2 atom stereocenters. The fourth-order valence-corrected chi connectivity index (χ4v) is 10.1. The molecule has 0 saturated heterocycles. The molecule has 0 saturated carbocycles. The van der Waals surface area contributed by atoms with Crippen molar-refractivity contribution in [2.24, 2.45) is 4.99 Å². The summed E-state index contributed by atoms with van der Waals surface area (Å²) in [5, 5.41) is 21.0. The fraction of sp³-hybridized carbons (Fsp3) is 0.814. The van der Waals surface area contributed by atoms with Crippen LogP contribution in [-0.4, -0.2) is 51.7 Å². The van der Waals surface area contributed by atoms with Crippen LogP contribution in [0.1, 0.15) is 290 Å². The molecule has 1 aliphatic heterocycles. The summed E-state index contributed by atoms with van der Waals surface area (Å²) >= 11 is 0. The molecular weight excluding hydrogens is 833 g/mol. The summed E-state index contributed by atoms with van der Waals surface area (Å²) in [6.07, 6.45) is 56.6. The van der Waals surface area contributed by atoms with Gasteiger partial charge in [-0.3, -0.25) is 4.99 Å². The Morgan fingerprint density at radius 1 is 0.463 bits per heavy atom. The molecule has 1 aromatic carbocycles. The van der Waals surface area contributed by atoms with Crippen molar-refractivity contribution in [3.63, 3.8) is 0 Å². The monoisotopic (exact) mass is 938 g/mol. The van der Waals surface area contributed by atoms with Gasteiger partial charge in [0.2, 0.25) is 5.54 Å². The smallest absolute Gasteiger partial charge is 0.493 e. The number of carbonyl (C=O) groups is 2. The van der Waals surface area contributed by atoms with Crippen LogP contribution in [-0.2, 0) is 11.3 Å². The number of carboxylic acid groups (broad SMARTS) is 2. The third kappa shape index (κ3) is 27.2. The first-order chi connectivity index (χ1) is 32.8. The number of hydrogen-bond acceptors (Lipinski definition) is 5. The van der Waals surface area contributed by atoms with Gasteiger partial charge in [0.25, 0.3) is 0 Å². The van der Waals surface area contributed by atoms with Gasteiger partial charge in [0.1, 0.15) is 24.2 Å². The van der Waals surface area contributed by atoms with Crippen molar-refractivity contribution >= 4 is 18.3 Å². The van der Waals surface area contributed by atoms with Crippen LogP contribution in [0.5, 0.6) is 11.5 Å². The van der Waals surface area contributed by atoms with Gasteiger partial charge in [0, 0.05) is 18.1 Å². The second-order valence-corrected chi connectivity index (χ2v) is 20.4. The Balaban J connectivity index is 1.69. The minimum atomic E-state index is -1.74. The molecule has 67 heavy (non-hydrogen) atoms. The molecule has 1 aliphatic rings. The SMILES string of the molecule is CCCCCCCCCCCCCCCCCCCCCCOc1cc(C[N+]2(C(=O)O)C=CN=CC2(CC)C(=O)O)cc(OCCCCCCCCCCCCCCCCCCCCCC)c1. The number of hydrogen-bond donors (Lipinski definition) is 2. The molecule has 0 fully saturated rings. The van der Waals surface area contributed by atoms with Crippen molar-refractivity contribution in [2.75, 3.05) is 13.2 Å². The fourth-order valence-electron chi connectivity index (χ4n) is 10.1. The van der Waals surface area contributed by atoms with Gasteiger partial charge in [-0.05, 0) is 25.0 Å². The molecule has 0 aliphatic carbocycles. The van der Waals surface area contributed by atoms with Gasteiger partial charge >= 0.3 is 12.1 Å². The van der Waals surface area contributed by atoms with E-state index < -0.39 is 22.1 Å². The normalized spacial score (nSPS) is 16.8. The number of carboxylic acids is 1. The van der Waals surface area contributed by atoms with E-state index in [-0.39, 0.29) is 13.0 Å². The van der Waals surface area contributed by atoms with Crippen molar-refractivity contribution in [2.45, 2.75) is 296 Å². The largest absolute Gasteiger partial charge is 0.519 e. The number of unbranched alkanes of at least 4 members (excludes halogenated alkanes) is 38. The van der Waals surface area contributed by atoms with E-state index >= 15 is 0 Å². The molecule has 2 N–H and O–H groups in total. The molecular formula is C59H105N2O6+. The van der Waals surface area contributed by atoms with Gasteiger partial charge < -0.3 is 19.7 Å². The van der Waals surface area contributed by atoms with Crippen molar-refractivity contribution in [1.29, 1.82) is 0 Å². The number of ether oxygens (including phenoxy) is 2. The summed E-state index contributed by atoms with van der Waals surface area (Å²) in [4.78, 5) is 29.8. The summed E-state index contributed by atoms with van der Waals surface area (Å²) in [6.45, 7) is 7.34. The maximum Gasteiger partial charge on any atom is 0.519 e. The number of aliphatic carboxylic acids is 1. The summed E-state index contributed by atoms with van der Waals surface area (Å²) in [5.41, 5.74) is -1.09. The first-order valence-corrected chi connectivity index (χ1v) is 28.8. The topological polar surface area (TPSA) is 105 Å². The van der Waals surface area contributed by atoms with E-state index in [4.69, 9.17) is 9.47 Å². The molecule has 0 aromatic heterocycles. The minimum Gasteiger partial charge on any atom is -0.493 e. The first kappa shape index (κ1) is 60.3. The third-order valence-corrected chi connectivity index (χ3v) is 14.6. The highest BCUT2D eigenvalue weighted by Crippen LogP contribution is 2.36. The zero-order valence-corrected chi connectivity index (χ0v) is 44.0.